The molecular formula is C19H24FN. The van der Waals surface area contributed by atoms with Gasteiger partial charge >= 0.3 is 0 Å². The Balaban J connectivity index is 2.16. The van der Waals surface area contributed by atoms with Gasteiger partial charge in [0, 0.05) is 6.04 Å². The first-order chi connectivity index (χ1) is 10.2. The molecule has 2 rings (SSSR count). The van der Waals surface area contributed by atoms with Crippen molar-refractivity contribution >= 4 is 0 Å². The van der Waals surface area contributed by atoms with Crippen LogP contribution in [0.5, 0.6) is 0 Å². The number of hydrogen-bond acceptors (Lipinski definition) is 1. The first-order valence-corrected chi connectivity index (χ1v) is 7.80. The lowest BCUT2D eigenvalue weighted by Gasteiger charge is -2.19. The van der Waals surface area contributed by atoms with Gasteiger partial charge in [0.05, 0.1) is 0 Å². The molecule has 1 atom stereocenters. The largest absolute Gasteiger partial charge is 0.310 e. The van der Waals surface area contributed by atoms with Crippen molar-refractivity contribution in [3.63, 3.8) is 0 Å². The van der Waals surface area contributed by atoms with E-state index in [0.717, 1.165) is 24.9 Å². The third-order valence-corrected chi connectivity index (χ3v) is 3.75. The summed E-state index contributed by atoms with van der Waals surface area (Å²) in [6.07, 6.45) is 2.94. The molecular weight excluding hydrogens is 261 g/mol. The fraction of sp³-hybridized carbons (Fsp3) is 0.368. The average molecular weight is 285 g/mol. The minimum Gasteiger partial charge on any atom is -0.310 e. The zero-order chi connectivity index (χ0) is 15.1. The normalized spacial score (nSPS) is 12.3. The highest BCUT2D eigenvalue weighted by Gasteiger charge is 2.13. The fourth-order valence-corrected chi connectivity index (χ4v) is 2.64. The van der Waals surface area contributed by atoms with Gasteiger partial charge in [0.25, 0.3) is 0 Å². The second kappa shape index (κ2) is 7.94. The van der Waals surface area contributed by atoms with Crippen LogP contribution in [0.4, 0.5) is 4.39 Å². The summed E-state index contributed by atoms with van der Waals surface area (Å²) in [5.74, 6) is -0.122. The molecule has 2 aromatic rings. The maximum absolute atomic E-state index is 13.8. The van der Waals surface area contributed by atoms with Crippen molar-refractivity contribution in [3.8, 4) is 0 Å². The van der Waals surface area contributed by atoms with E-state index in [-0.39, 0.29) is 11.9 Å². The van der Waals surface area contributed by atoms with E-state index in [0.29, 0.717) is 6.42 Å². The predicted octanol–water partition coefficient (Wildman–Crippen LogP) is 4.67. The number of rotatable bonds is 7. The Morgan fingerprint density at radius 1 is 1.00 bits per heavy atom. The Morgan fingerprint density at radius 3 is 2.33 bits per heavy atom. The molecule has 0 fully saturated rings. The molecule has 0 aliphatic rings. The van der Waals surface area contributed by atoms with Crippen molar-refractivity contribution in [2.75, 3.05) is 6.54 Å². The highest BCUT2D eigenvalue weighted by molar-refractivity contribution is 5.28. The molecule has 0 aromatic heterocycles. The van der Waals surface area contributed by atoms with Gasteiger partial charge in [-0.25, -0.2) is 4.39 Å². The molecule has 0 radical (unpaired) electrons. The second-order valence-electron chi connectivity index (χ2n) is 5.40. The van der Waals surface area contributed by atoms with E-state index in [9.17, 15) is 4.39 Å². The Labute approximate surface area is 127 Å². The summed E-state index contributed by atoms with van der Waals surface area (Å²) in [6.45, 7) is 5.14. The first kappa shape index (κ1) is 15.7. The summed E-state index contributed by atoms with van der Waals surface area (Å²) in [7, 11) is 0. The average Bonchev–Trinajstić information content (AvgIpc) is 2.50. The van der Waals surface area contributed by atoms with Crippen LogP contribution in [-0.2, 0) is 12.8 Å². The molecule has 1 nitrogen and oxygen atoms in total. The van der Waals surface area contributed by atoms with E-state index in [2.05, 4.69) is 43.4 Å². The molecule has 0 spiro atoms. The molecule has 0 aliphatic heterocycles. The summed E-state index contributed by atoms with van der Waals surface area (Å²) < 4.78 is 13.8. The smallest absolute Gasteiger partial charge is 0.126 e. The third-order valence-electron chi connectivity index (χ3n) is 3.75. The van der Waals surface area contributed by atoms with Crippen LogP contribution in [0.15, 0.2) is 48.5 Å². The van der Waals surface area contributed by atoms with Crippen LogP contribution in [0.1, 0.15) is 43.0 Å². The van der Waals surface area contributed by atoms with E-state index < -0.39 is 0 Å². The Kier molecular flexibility index (Phi) is 5.94. The number of nitrogens with one attached hydrogen (secondary N) is 1. The van der Waals surface area contributed by atoms with Gasteiger partial charge in [-0.3, -0.25) is 0 Å². The predicted molar refractivity (Wildman–Crippen MR) is 87.0 cm³/mol. The first-order valence-electron chi connectivity index (χ1n) is 7.80. The second-order valence-corrected chi connectivity index (χ2v) is 5.40. The number of hydrogen-bond donors (Lipinski definition) is 1. The van der Waals surface area contributed by atoms with Crippen molar-refractivity contribution in [3.05, 3.63) is 71.0 Å². The van der Waals surface area contributed by atoms with E-state index >= 15 is 0 Å². The molecule has 21 heavy (non-hydrogen) atoms. The number of benzene rings is 2. The highest BCUT2D eigenvalue weighted by Crippen LogP contribution is 2.21. The van der Waals surface area contributed by atoms with Gasteiger partial charge in [-0.1, -0.05) is 62.7 Å². The summed E-state index contributed by atoms with van der Waals surface area (Å²) >= 11 is 0. The van der Waals surface area contributed by atoms with Crippen molar-refractivity contribution in [1.82, 2.24) is 5.32 Å². The van der Waals surface area contributed by atoms with Gasteiger partial charge in [0.15, 0.2) is 0 Å². The van der Waals surface area contributed by atoms with Crippen LogP contribution in [-0.4, -0.2) is 6.54 Å². The number of likely N-dealkylation sites (N-methyl/N-ethyl adjacent to an activating group) is 1. The Morgan fingerprint density at radius 2 is 1.71 bits per heavy atom. The lowest BCUT2D eigenvalue weighted by atomic mass is 9.97. The Bertz CT molecular complexity index is 548. The van der Waals surface area contributed by atoms with Gasteiger partial charge < -0.3 is 5.32 Å². The summed E-state index contributed by atoms with van der Waals surface area (Å²) in [6, 6.07) is 15.9. The maximum atomic E-state index is 13.8. The molecule has 0 saturated carbocycles. The lowest BCUT2D eigenvalue weighted by Crippen LogP contribution is -2.23. The minimum atomic E-state index is -0.122. The zero-order valence-electron chi connectivity index (χ0n) is 12.9. The summed E-state index contributed by atoms with van der Waals surface area (Å²) in [5.41, 5.74) is 3.35. The standard InChI is InChI=1S/C19H24FN/c1-3-7-15-10-12-16(13-11-15)19(21-4-2)14-17-8-5-6-9-18(17)20/h5-6,8-13,19,21H,3-4,7,14H2,1-2H3. The lowest BCUT2D eigenvalue weighted by molar-refractivity contribution is 0.528. The minimum absolute atomic E-state index is 0.122. The van der Waals surface area contributed by atoms with Crippen molar-refractivity contribution < 1.29 is 4.39 Å². The summed E-state index contributed by atoms with van der Waals surface area (Å²) in [5, 5.41) is 3.46. The Hall–Kier alpha value is -1.67. The van der Waals surface area contributed by atoms with Gasteiger partial charge in [0.2, 0.25) is 0 Å². The number of halogens is 1. The van der Waals surface area contributed by atoms with Crippen molar-refractivity contribution in [1.29, 1.82) is 0 Å². The van der Waals surface area contributed by atoms with Gasteiger partial charge in [-0.15, -0.1) is 0 Å². The van der Waals surface area contributed by atoms with E-state index in [1.54, 1.807) is 6.07 Å². The van der Waals surface area contributed by atoms with Gasteiger partial charge in [0.1, 0.15) is 5.82 Å². The molecule has 0 saturated heterocycles. The quantitative estimate of drug-likeness (QED) is 0.779. The van der Waals surface area contributed by atoms with Crippen molar-refractivity contribution in [2.24, 2.45) is 0 Å². The van der Waals surface area contributed by atoms with E-state index in [1.807, 2.05) is 12.1 Å². The number of aryl methyl sites for hydroxylation is 1. The maximum Gasteiger partial charge on any atom is 0.126 e. The van der Waals surface area contributed by atoms with Crippen LogP contribution in [0.25, 0.3) is 0 Å². The topological polar surface area (TPSA) is 12.0 Å². The van der Waals surface area contributed by atoms with Crippen LogP contribution < -0.4 is 5.32 Å². The summed E-state index contributed by atoms with van der Waals surface area (Å²) in [4.78, 5) is 0. The molecule has 0 heterocycles. The molecule has 1 unspecified atom stereocenters. The van der Waals surface area contributed by atoms with Crippen LogP contribution in [0.2, 0.25) is 0 Å². The highest BCUT2D eigenvalue weighted by atomic mass is 19.1. The van der Waals surface area contributed by atoms with Crippen LogP contribution >= 0.6 is 0 Å². The molecule has 0 aliphatic carbocycles. The molecule has 0 bridgehead atoms. The zero-order valence-corrected chi connectivity index (χ0v) is 12.9. The SMILES string of the molecule is CCCc1ccc(C(Cc2ccccc2F)NCC)cc1. The van der Waals surface area contributed by atoms with Gasteiger partial charge in [-0.05, 0) is 42.1 Å². The fourth-order valence-electron chi connectivity index (χ4n) is 2.64. The molecule has 2 heteroatoms. The molecule has 2 aromatic carbocycles. The monoisotopic (exact) mass is 285 g/mol. The van der Waals surface area contributed by atoms with Crippen molar-refractivity contribution in [2.45, 2.75) is 39.2 Å². The molecule has 112 valence electrons. The van der Waals surface area contributed by atoms with Crippen LogP contribution in [0.3, 0.4) is 0 Å². The van der Waals surface area contributed by atoms with E-state index in [4.69, 9.17) is 0 Å². The van der Waals surface area contributed by atoms with E-state index in [1.165, 1.54) is 17.2 Å². The molecule has 0 amide bonds. The third kappa shape index (κ3) is 4.40. The molecule has 1 N–H and O–H groups in total. The van der Waals surface area contributed by atoms with Gasteiger partial charge in [-0.2, -0.15) is 0 Å². The van der Waals surface area contributed by atoms with Crippen LogP contribution in [0, 0.1) is 5.82 Å².